The van der Waals surface area contributed by atoms with Crippen molar-refractivity contribution in [2.45, 2.75) is 18.9 Å². The van der Waals surface area contributed by atoms with E-state index < -0.39 is 0 Å². The number of hydrogen-bond acceptors (Lipinski definition) is 3. The fraction of sp³-hybridized carbons (Fsp3) is 0.417. The first-order valence-corrected chi connectivity index (χ1v) is 5.33. The summed E-state index contributed by atoms with van der Waals surface area (Å²) in [6, 6.07) is 10.5. The maximum Gasteiger partial charge on any atom is 0.124 e. The third kappa shape index (κ3) is 2.25. The van der Waals surface area contributed by atoms with Gasteiger partial charge in [0.1, 0.15) is 6.29 Å². The minimum Gasteiger partial charge on any atom is -0.303 e. The molecule has 15 heavy (non-hydrogen) atoms. The van der Waals surface area contributed by atoms with E-state index in [1.54, 1.807) is 5.01 Å². The van der Waals surface area contributed by atoms with Crippen molar-refractivity contribution in [3.8, 4) is 0 Å². The van der Waals surface area contributed by atoms with E-state index in [1.165, 1.54) is 5.56 Å². The van der Waals surface area contributed by atoms with Gasteiger partial charge in [-0.15, -0.1) is 0 Å². The van der Waals surface area contributed by atoms with E-state index in [1.807, 2.05) is 18.2 Å². The molecule has 1 aromatic carbocycles. The standard InChI is InChI=1S/C12H16N2O/c13-14-8-10(9-15)6-7-12(14)11-4-2-1-3-5-11/h1-5,9-10,12H,6-8,13H2. The van der Waals surface area contributed by atoms with E-state index in [0.29, 0.717) is 6.54 Å². The fourth-order valence-electron chi connectivity index (χ4n) is 2.17. The lowest BCUT2D eigenvalue weighted by atomic mass is 9.91. The fourth-order valence-corrected chi connectivity index (χ4v) is 2.17. The molecule has 1 aromatic rings. The predicted molar refractivity (Wildman–Crippen MR) is 58.9 cm³/mol. The average molecular weight is 204 g/mol. The molecule has 0 bridgehead atoms. The van der Waals surface area contributed by atoms with Gasteiger partial charge in [-0.1, -0.05) is 30.3 Å². The van der Waals surface area contributed by atoms with Gasteiger partial charge in [0.05, 0.1) is 0 Å². The molecule has 0 aliphatic carbocycles. The van der Waals surface area contributed by atoms with Crippen molar-refractivity contribution in [3.63, 3.8) is 0 Å². The summed E-state index contributed by atoms with van der Waals surface area (Å²) in [5.41, 5.74) is 1.24. The summed E-state index contributed by atoms with van der Waals surface area (Å²) in [4.78, 5) is 10.7. The van der Waals surface area contributed by atoms with Crippen molar-refractivity contribution >= 4 is 6.29 Å². The molecule has 0 saturated carbocycles. The summed E-state index contributed by atoms with van der Waals surface area (Å²) in [5, 5.41) is 1.79. The zero-order valence-corrected chi connectivity index (χ0v) is 8.67. The highest BCUT2D eigenvalue weighted by atomic mass is 16.1. The normalized spacial score (nSPS) is 27.5. The molecule has 2 rings (SSSR count). The summed E-state index contributed by atoms with van der Waals surface area (Å²) < 4.78 is 0. The second-order valence-corrected chi connectivity index (χ2v) is 4.10. The second kappa shape index (κ2) is 4.55. The number of carbonyl (C=O) groups is 1. The molecule has 3 nitrogen and oxygen atoms in total. The summed E-state index contributed by atoms with van der Waals surface area (Å²) in [7, 11) is 0. The average Bonchev–Trinajstić information content (AvgIpc) is 2.30. The molecule has 1 saturated heterocycles. The lowest BCUT2D eigenvalue weighted by Crippen LogP contribution is -2.43. The number of aldehydes is 1. The minimum atomic E-state index is 0.106. The molecular formula is C12H16N2O. The van der Waals surface area contributed by atoms with Gasteiger partial charge in [0.2, 0.25) is 0 Å². The van der Waals surface area contributed by atoms with Crippen LogP contribution in [0.25, 0.3) is 0 Å². The minimum absolute atomic E-state index is 0.106. The van der Waals surface area contributed by atoms with Gasteiger partial charge < -0.3 is 4.79 Å². The Morgan fingerprint density at radius 2 is 2.00 bits per heavy atom. The quantitative estimate of drug-likeness (QED) is 0.586. The molecule has 1 aliphatic heterocycles. The number of benzene rings is 1. The predicted octanol–water partition coefficient (Wildman–Crippen LogP) is 1.51. The Morgan fingerprint density at radius 1 is 1.27 bits per heavy atom. The Bertz CT molecular complexity index is 326. The van der Waals surface area contributed by atoms with Crippen LogP contribution in [0.15, 0.2) is 30.3 Å². The van der Waals surface area contributed by atoms with Gasteiger partial charge in [0.25, 0.3) is 0 Å². The number of nitrogens with zero attached hydrogens (tertiary/aromatic N) is 1. The van der Waals surface area contributed by atoms with Crippen molar-refractivity contribution in [3.05, 3.63) is 35.9 Å². The molecule has 3 heteroatoms. The topological polar surface area (TPSA) is 46.3 Å². The van der Waals surface area contributed by atoms with Gasteiger partial charge in [-0.2, -0.15) is 0 Å². The number of piperidine rings is 1. The van der Waals surface area contributed by atoms with Gasteiger partial charge in [-0.3, -0.25) is 5.84 Å². The van der Waals surface area contributed by atoms with E-state index in [-0.39, 0.29) is 12.0 Å². The van der Waals surface area contributed by atoms with Crippen molar-refractivity contribution < 1.29 is 4.79 Å². The third-order valence-electron chi connectivity index (χ3n) is 3.03. The van der Waals surface area contributed by atoms with Crippen LogP contribution in [-0.4, -0.2) is 17.8 Å². The van der Waals surface area contributed by atoms with E-state index >= 15 is 0 Å². The first-order valence-electron chi connectivity index (χ1n) is 5.33. The van der Waals surface area contributed by atoms with Gasteiger partial charge in [-0.25, -0.2) is 5.01 Å². The highest BCUT2D eigenvalue weighted by Gasteiger charge is 2.26. The molecule has 2 unspecified atom stereocenters. The molecule has 0 radical (unpaired) electrons. The van der Waals surface area contributed by atoms with Crippen molar-refractivity contribution in [2.24, 2.45) is 11.8 Å². The zero-order chi connectivity index (χ0) is 10.7. The molecule has 2 atom stereocenters. The number of hydrazine groups is 1. The Balaban J connectivity index is 2.09. The van der Waals surface area contributed by atoms with Crippen LogP contribution in [0, 0.1) is 5.92 Å². The van der Waals surface area contributed by atoms with E-state index in [4.69, 9.17) is 5.84 Å². The zero-order valence-electron chi connectivity index (χ0n) is 8.67. The van der Waals surface area contributed by atoms with Crippen LogP contribution in [0.4, 0.5) is 0 Å². The van der Waals surface area contributed by atoms with Crippen LogP contribution in [0.5, 0.6) is 0 Å². The lowest BCUT2D eigenvalue weighted by Gasteiger charge is -2.34. The van der Waals surface area contributed by atoms with Crippen molar-refractivity contribution in [2.75, 3.05) is 6.54 Å². The number of hydrogen-bond donors (Lipinski definition) is 1. The molecule has 1 fully saturated rings. The van der Waals surface area contributed by atoms with Crippen LogP contribution in [0.3, 0.4) is 0 Å². The highest BCUT2D eigenvalue weighted by Crippen LogP contribution is 2.29. The van der Waals surface area contributed by atoms with Crippen LogP contribution in [0.2, 0.25) is 0 Å². The molecule has 80 valence electrons. The highest BCUT2D eigenvalue weighted by molar-refractivity contribution is 5.54. The molecule has 0 spiro atoms. The maximum atomic E-state index is 10.7. The number of carbonyl (C=O) groups excluding carboxylic acids is 1. The number of nitrogens with two attached hydrogens (primary N) is 1. The Hall–Kier alpha value is -1.19. The molecule has 1 heterocycles. The summed E-state index contributed by atoms with van der Waals surface area (Å²) in [6.45, 7) is 0.670. The van der Waals surface area contributed by atoms with Crippen LogP contribution in [-0.2, 0) is 4.79 Å². The molecular weight excluding hydrogens is 188 g/mol. The van der Waals surface area contributed by atoms with Crippen LogP contribution in [0.1, 0.15) is 24.4 Å². The largest absolute Gasteiger partial charge is 0.303 e. The first-order chi connectivity index (χ1) is 7.31. The number of rotatable bonds is 2. The van der Waals surface area contributed by atoms with E-state index in [2.05, 4.69) is 12.1 Å². The van der Waals surface area contributed by atoms with E-state index in [9.17, 15) is 4.79 Å². The molecule has 2 N–H and O–H groups in total. The third-order valence-corrected chi connectivity index (χ3v) is 3.03. The van der Waals surface area contributed by atoms with Crippen LogP contribution >= 0.6 is 0 Å². The Labute approximate surface area is 89.8 Å². The SMILES string of the molecule is NN1CC(C=O)CCC1c1ccccc1. The monoisotopic (exact) mass is 204 g/mol. The molecule has 0 amide bonds. The van der Waals surface area contributed by atoms with Gasteiger partial charge in [0.15, 0.2) is 0 Å². The van der Waals surface area contributed by atoms with Gasteiger partial charge in [0, 0.05) is 18.5 Å². The molecule has 0 aromatic heterocycles. The maximum absolute atomic E-state index is 10.7. The Morgan fingerprint density at radius 3 is 2.60 bits per heavy atom. The van der Waals surface area contributed by atoms with Crippen molar-refractivity contribution in [1.29, 1.82) is 0 Å². The summed E-state index contributed by atoms with van der Waals surface area (Å²) >= 11 is 0. The summed E-state index contributed by atoms with van der Waals surface area (Å²) in [5.74, 6) is 6.06. The van der Waals surface area contributed by atoms with E-state index in [0.717, 1.165) is 19.1 Å². The smallest absolute Gasteiger partial charge is 0.124 e. The van der Waals surface area contributed by atoms with Crippen molar-refractivity contribution in [1.82, 2.24) is 5.01 Å². The van der Waals surface area contributed by atoms with Gasteiger partial charge in [-0.05, 0) is 18.4 Å². The lowest BCUT2D eigenvalue weighted by molar-refractivity contribution is -0.113. The first kappa shape index (κ1) is 10.3. The van der Waals surface area contributed by atoms with Gasteiger partial charge >= 0.3 is 0 Å². The molecule has 1 aliphatic rings. The van der Waals surface area contributed by atoms with Crippen LogP contribution < -0.4 is 5.84 Å². The summed E-state index contributed by atoms with van der Waals surface area (Å²) in [6.07, 6.45) is 2.92. The Kier molecular flexibility index (Phi) is 3.14. The second-order valence-electron chi connectivity index (χ2n) is 4.10.